The maximum atomic E-state index is 13.1. The molecule has 0 saturated carbocycles. The van der Waals surface area contributed by atoms with E-state index in [0.29, 0.717) is 30.9 Å². The second-order valence-electron chi connectivity index (χ2n) is 7.59. The van der Waals surface area contributed by atoms with E-state index in [-0.39, 0.29) is 34.6 Å². The third kappa shape index (κ3) is 2.07. The summed E-state index contributed by atoms with van der Waals surface area (Å²) >= 11 is 0. The summed E-state index contributed by atoms with van der Waals surface area (Å²) in [4.78, 5) is 12.6. The second kappa shape index (κ2) is 5.22. The number of piperidine rings is 1. The van der Waals surface area contributed by atoms with Gasteiger partial charge in [-0.05, 0) is 17.7 Å². The molecule has 3 aliphatic rings. The van der Waals surface area contributed by atoms with Gasteiger partial charge in [0, 0.05) is 36.2 Å². The number of carbonyl (C=O) groups excluding carboxylic acids is 1. The fraction of sp³-hybridized carbons (Fsp3) is 0.526. The lowest BCUT2D eigenvalue weighted by Crippen LogP contribution is -2.66. The number of hydrogen-bond donors (Lipinski definition) is 1. The number of phenols is 1. The van der Waals surface area contributed by atoms with Gasteiger partial charge in [-0.2, -0.15) is 0 Å². The molecule has 0 amide bonds. The number of allylic oxidation sites excluding steroid dienone is 1. The number of benzene rings is 1. The standard InChI is InChI=1S/C19H23NO5/c1-20(23)7-6-19-10-14(21)16(25-3)9-12(19)13(20)8-11-4-5-15(24-2)18(22)17(11)19/h4-5,9,12-13,22H,6-8,10H2,1-3H3. The van der Waals surface area contributed by atoms with E-state index >= 15 is 0 Å². The van der Waals surface area contributed by atoms with Crippen LogP contribution in [-0.4, -0.2) is 49.4 Å². The minimum absolute atomic E-state index is 0.0745. The molecule has 4 rings (SSSR count). The number of aromatic hydroxyl groups is 1. The maximum Gasteiger partial charge on any atom is 0.197 e. The van der Waals surface area contributed by atoms with Gasteiger partial charge >= 0.3 is 0 Å². The Morgan fingerprint density at radius 1 is 1.32 bits per heavy atom. The number of hydrogen-bond acceptors (Lipinski definition) is 5. The van der Waals surface area contributed by atoms with Gasteiger partial charge in [0.25, 0.3) is 0 Å². The predicted octanol–water partition coefficient (Wildman–Crippen LogP) is 2.03. The smallest absolute Gasteiger partial charge is 0.197 e. The van der Waals surface area contributed by atoms with Crippen molar-refractivity contribution in [3.05, 3.63) is 40.3 Å². The summed E-state index contributed by atoms with van der Waals surface area (Å²) in [5.41, 5.74) is 1.17. The lowest BCUT2D eigenvalue weighted by Gasteiger charge is -2.61. The molecule has 4 unspecified atom stereocenters. The molecular formula is C19H23NO5. The molecule has 4 atom stereocenters. The molecular weight excluding hydrogens is 322 g/mol. The molecule has 2 bridgehead atoms. The van der Waals surface area contributed by atoms with Gasteiger partial charge in [-0.3, -0.25) is 4.79 Å². The molecule has 6 nitrogen and oxygen atoms in total. The molecule has 1 N–H and O–H groups in total. The number of methoxy groups -OCH3 is 2. The van der Waals surface area contributed by atoms with E-state index in [4.69, 9.17) is 9.47 Å². The Morgan fingerprint density at radius 3 is 2.76 bits per heavy atom. The van der Waals surface area contributed by atoms with Crippen molar-refractivity contribution >= 4 is 5.78 Å². The number of ether oxygens (including phenoxy) is 2. The van der Waals surface area contributed by atoms with Crippen molar-refractivity contribution in [2.24, 2.45) is 5.92 Å². The third-order valence-corrected chi connectivity index (χ3v) is 6.43. The van der Waals surface area contributed by atoms with Gasteiger partial charge in [-0.25, -0.2) is 0 Å². The van der Waals surface area contributed by atoms with Crippen LogP contribution in [0.1, 0.15) is 24.0 Å². The van der Waals surface area contributed by atoms with Crippen LogP contribution in [0.4, 0.5) is 0 Å². The molecule has 6 heteroatoms. The first kappa shape index (κ1) is 16.4. The first-order chi connectivity index (χ1) is 11.8. The molecule has 1 aliphatic heterocycles. The third-order valence-electron chi connectivity index (χ3n) is 6.43. The average Bonchev–Trinajstić information content (AvgIpc) is 2.58. The molecule has 1 heterocycles. The van der Waals surface area contributed by atoms with E-state index in [1.165, 1.54) is 14.2 Å². The Kier molecular flexibility index (Phi) is 3.43. The molecule has 1 aromatic rings. The SMILES string of the molecule is COC1=CC2C3Cc4ccc(OC)c(O)c4C2(CC[N+]3(C)[O-])CC1=O. The normalized spacial score (nSPS) is 36.2. The summed E-state index contributed by atoms with van der Waals surface area (Å²) < 4.78 is 10.2. The van der Waals surface area contributed by atoms with E-state index in [1.54, 1.807) is 13.1 Å². The summed E-state index contributed by atoms with van der Waals surface area (Å²) in [5.74, 6) is 0.631. The number of likely N-dealkylation sites (N-methyl/N-ethyl adjacent to an activating group) is 1. The fourth-order valence-electron chi connectivity index (χ4n) is 5.18. The van der Waals surface area contributed by atoms with Gasteiger partial charge < -0.3 is 24.4 Å². The Bertz CT molecular complexity index is 784. The quantitative estimate of drug-likeness (QED) is 0.655. The van der Waals surface area contributed by atoms with Gasteiger partial charge in [0.1, 0.15) is 0 Å². The molecule has 1 saturated heterocycles. The second-order valence-corrected chi connectivity index (χ2v) is 7.59. The fourth-order valence-corrected chi connectivity index (χ4v) is 5.18. The Labute approximate surface area is 146 Å². The average molecular weight is 345 g/mol. The largest absolute Gasteiger partial charge is 0.633 e. The van der Waals surface area contributed by atoms with Crippen LogP contribution < -0.4 is 4.74 Å². The number of carbonyl (C=O) groups is 1. The zero-order chi connectivity index (χ0) is 18.0. The van der Waals surface area contributed by atoms with E-state index in [9.17, 15) is 15.1 Å². The van der Waals surface area contributed by atoms with Crippen LogP contribution in [0, 0.1) is 11.1 Å². The van der Waals surface area contributed by atoms with Crippen LogP contribution in [-0.2, 0) is 21.4 Å². The number of fused-ring (bicyclic) bond motifs is 1. The van der Waals surface area contributed by atoms with Gasteiger partial charge in [0.05, 0.1) is 33.9 Å². The molecule has 0 spiro atoms. The van der Waals surface area contributed by atoms with Crippen molar-refractivity contribution < 1.29 is 24.0 Å². The highest BCUT2D eigenvalue weighted by atomic mass is 16.5. The summed E-state index contributed by atoms with van der Waals surface area (Å²) in [6.07, 6.45) is 3.20. The zero-order valence-corrected chi connectivity index (χ0v) is 14.7. The number of Topliss-reactive ketones (excluding diaryl/α,β-unsaturated/α-hetero) is 1. The van der Waals surface area contributed by atoms with Crippen molar-refractivity contribution in [1.82, 2.24) is 0 Å². The topological polar surface area (TPSA) is 78.8 Å². The number of rotatable bonds is 2. The summed E-state index contributed by atoms with van der Waals surface area (Å²) in [5, 5.41) is 24.0. The summed E-state index contributed by atoms with van der Waals surface area (Å²) in [6.45, 7) is 0.431. The first-order valence-corrected chi connectivity index (χ1v) is 8.58. The number of nitrogens with zero attached hydrogens (tertiary/aromatic N) is 1. The molecule has 134 valence electrons. The number of quaternary nitrogens is 1. The molecule has 0 aromatic heterocycles. The molecule has 25 heavy (non-hydrogen) atoms. The van der Waals surface area contributed by atoms with Crippen molar-refractivity contribution in [1.29, 1.82) is 0 Å². The molecule has 1 aromatic carbocycles. The maximum absolute atomic E-state index is 13.1. The van der Waals surface area contributed by atoms with Crippen LogP contribution in [0.5, 0.6) is 11.5 Å². The van der Waals surface area contributed by atoms with Crippen molar-refractivity contribution in [3.8, 4) is 11.5 Å². The monoisotopic (exact) mass is 345 g/mol. The van der Waals surface area contributed by atoms with E-state index < -0.39 is 5.41 Å². The van der Waals surface area contributed by atoms with Gasteiger partial charge in [0.15, 0.2) is 23.0 Å². The Hall–Kier alpha value is -2.05. The van der Waals surface area contributed by atoms with E-state index in [1.807, 2.05) is 12.1 Å². The minimum Gasteiger partial charge on any atom is -0.633 e. The summed E-state index contributed by atoms with van der Waals surface area (Å²) in [6, 6.07) is 3.47. The van der Waals surface area contributed by atoms with E-state index in [2.05, 4.69) is 0 Å². The van der Waals surface area contributed by atoms with Crippen LogP contribution in [0.25, 0.3) is 0 Å². The number of hydroxylamine groups is 3. The zero-order valence-electron chi connectivity index (χ0n) is 14.7. The van der Waals surface area contributed by atoms with Crippen LogP contribution in [0.2, 0.25) is 0 Å². The highest BCUT2D eigenvalue weighted by Gasteiger charge is 2.60. The van der Waals surface area contributed by atoms with Gasteiger partial charge in [0.2, 0.25) is 0 Å². The van der Waals surface area contributed by atoms with Crippen molar-refractivity contribution in [2.45, 2.75) is 30.7 Å². The Morgan fingerprint density at radius 2 is 2.08 bits per heavy atom. The molecule has 0 radical (unpaired) electrons. The van der Waals surface area contributed by atoms with E-state index in [0.717, 1.165) is 11.1 Å². The van der Waals surface area contributed by atoms with Crippen LogP contribution in [0.3, 0.4) is 0 Å². The lowest BCUT2D eigenvalue weighted by molar-refractivity contribution is -0.898. The van der Waals surface area contributed by atoms with Gasteiger partial charge in [-0.15, -0.1) is 0 Å². The highest BCUT2D eigenvalue weighted by Crippen LogP contribution is 2.58. The van der Waals surface area contributed by atoms with Gasteiger partial charge in [-0.1, -0.05) is 6.07 Å². The Balaban J connectivity index is 1.99. The number of phenolic OH excluding ortho intramolecular Hbond substituents is 1. The molecule has 1 fully saturated rings. The number of ketones is 1. The van der Waals surface area contributed by atoms with Crippen molar-refractivity contribution in [3.63, 3.8) is 0 Å². The summed E-state index contributed by atoms with van der Waals surface area (Å²) in [7, 11) is 4.71. The highest BCUT2D eigenvalue weighted by molar-refractivity contribution is 5.96. The predicted molar refractivity (Wildman–Crippen MR) is 91.1 cm³/mol. The minimum atomic E-state index is -0.557. The van der Waals surface area contributed by atoms with Crippen LogP contribution in [0.15, 0.2) is 24.0 Å². The lowest BCUT2D eigenvalue weighted by atomic mass is 9.53. The van der Waals surface area contributed by atoms with Crippen LogP contribution >= 0.6 is 0 Å². The first-order valence-electron chi connectivity index (χ1n) is 8.58. The number of likely N-dealkylation sites (tertiary alicyclic amines) is 1. The van der Waals surface area contributed by atoms with Crippen molar-refractivity contribution in [2.75, 3.05) is 27.8 Å². The molecule has 2 aliphatic carbocycles.